The number of aryl methyl sites for hydroxylation is 2. The standard InChI is InChI=1S/C14H17BrN2O/c1-9-7-13(10(2)18-9)14(17-16)8-11-3-5-12(15)6-4-11/h3-7,14,17H,8,16H2,1-2H3. The Morgan fingerprint density at radius 3 is 2.44 bits per heavy atom. The van der Waals surface area contributed by atoms with E-state index in [1.54, 1.807) is 0 Å². The Morgan fingerprint density at radius 1 is 1.28 bits per heavy atom. The van der Waals surface area contributed by atoms with Gasteiger partial charge in [0.2, 0.25) is 0 Å². The van der Waals surface area contributed by atoms with E-state index in [1.165, 1.54) is 5.56 Å². The second kappa shape index (κ2) is 5.69. The van der Waals surface area contributed by atoms with Crippen LogP contribution in [0.2, 0.25) is 0 Å². The van der Waals surface area contributed by atoms with Crippen molar-refractivity contribution >= 4 is 15.9 Å². The minimum Gasteiger partial charge on any atom is -0.466 e. The zero-order valence-electron chi connectivity index (χ0n) is 10.5. The molecule has 1 aromatic carbocycles. The van der Waals surface area contributed by atoms with E-state index < -0.39 is 0 Å². The van der Waals surface area contributed by atoms with Crippen LogP contribution < -0.4 is 11.3 Å². The van der Waals surface area contributed by atoms with Crippen molar-refractivity contribution in [3.05, 3.63) is 57.5 Å². The first-order valence-electron chi connectivity index (χ1n) is 5.87. The molecule has 18 heavy (non-hydrogen) atoms. The largest absolute Gasteiger partial charge is 0.466 e. The maximum absolute atomic E-state index is 5.66. The Kier molecular flexibility index (Phi) is 4.22. The molecule has 96 valence electrons. The van der Waals surface area contributed by atoms with Crippen molar-refractivity contribution in [2.75, 3.05) is 0 Å². The molecule has 3 N–H and O–H groups in total. The minimum atomic E-state index is 0.0728. The molecule has 0 aliphatic carbocycles. The number of furan rings is 1. The van der Waals surface area contributed by atoms with Crippen LogP contribution in [0.1, 0.15) is 28.7 Å². The normalized spacial score (nSPS) is 12.7. The lowest BCUT2D eigenvalue weighted by molar-refractivity contribution is 0.484. The first-order chi connectivity index (χ1) is 8.60. The highest BCUT2D eigenvalue weighted by Crippen LogP contribution is 2.24. The third-order valence-corrected chi connectivity index (χ3v) is 3.54. The molecule has 0 fully saturated rings. The van der Waals surface area contributed by atoms with Gasteiger partial charge in [-0.3, -0.25) is 11.3 Å². The summed E-state index contributed by atoms with van der Waals surface area (Å²) in [6, 6.07) is 10.4. The van der Waals surface area contributed by atoms with Gasteiger partial charge >= 0.3 is 0 Å². The topological polar surface area (TPSA) is 51.2 Å². The summed E-state index contributed by atoms with van der Waals surface area (Å²) in [6.07, 6.45) is 0.837. The average Bonchev–Trinajstić information content (AvgIpc) is 2.68. The summed E-state index contributed by atoms with van der Waals surface area (Å²) in [7, 11) is 0. The van der Waals surface area contributed by atoms with Crippen LogP contribution in [-0.4, -0.2) is 0 Å². The van der Waals surface area contributed by atoms with Gasteiger partial charge in [-0.05, 0) is 44.0 Å². The zero-order valence-corrected chi connectivity index (χ0v) is 12.1. The van der Waals surface area contributed by atoms with E-state index in [4.69, 9.17) is 10.3 Å². The number of hydrazine groups is 1. The quantitative estimate of drug-likeness (QED) is 0.672. The number of rotatable bonds is 4. The highest BCUT2D eigenvalue weighted by molar-refractivity contribution is 9.10. The lowest BCUT2D eigenvalue weighted by atomic mass is 10.00. The molecule has 0 bridgehead atoms. The number of hydrogen-bond acceptors (Lipinski definition) is 3. The number of nitrogens with one attached hydrogen (secondary N) is 1. The second-order valence-electron chi connectivity index (χ2n) is 4.42. The van der Waals surface area contributed by atoms with Gasteiger partial charge in [0.15, 0.2) is 0 Å². The lowest BCUT2D eigenvalue weighted by Crippen LogP contribution is -2.29. The highest BCUT2D eigenvalue weighted by Gasteiger charge is 2.16. The van der Waals surface area contributed by atoms with Crippen molar-refractivity contribution in [3.63, 3.8) is 0 Å². The van der Waals surface area contributed by atoms with E-state index in [1.807, 2.05) is 32.0 Å². The molecule has 0 aliphatic heterocycles. The van der Waals surface area contributed by atoms with Gasteiger partial charge in [-0.25, -0.2) is 0 Å². The van der Waals surface area contributed by atoms with Gasteiger partial charge in [-0.1, -0.05) is 28.1 Å². The molecule has 1 heterocycles. The van der Waals surface area contributed by atoms with E-state index in [0.29, 0.717) is 0 Å². The Labute approximate surface area is 115 Å². The van der Waals surface area contributed by atoms with Crippen LogP contribution in [0.5, 0.6) is 0 Å². The molecule has 0 radical (unpaired) electrons. The molecule has 0 spiro atoms. The summed E-state index contributed by atoms with van der Waals surface area (Å²) in [5.74, 6) is 7.50. The molecule has 1 aromatic heterocycles. The van der Waals surface area contributed by atoms with E-state index in [-0.39, 0.29) is 6.04 Å². The first kappa shape index (κ1) is 13.3. The Morgan fingerprint density at radius 2 is 1.94 bits per heavy atom. The van der Waals surface area contributed by atoms with Crippen molar-refractivity contribution < 1.29 is 4.42 Å². The van der Waals surface area contributed by atoms with Crippen LogP contribution >= 0.6 is 15.9 Å². The Balaban J connectivity index is 2.19. The van der Waals surface area contributed by atoms with Gasteiger partial charge in [-0.15, -0.1) is 0 Å². The van der Waals surface area contributed by atoms with Crippen LogP contribution in [0.3, 0.4) is 0 Å². The van der Waals surface area contributed by atoms with Crippen LogP contribution in [0.15, 0.2) is 39.2 Å². The van der Waals surface area contributed by atoms with Crippen molar-refractivity contribution in [2.24, 2.45) is 5.84 Å². The van der Waals surface area contributed by atoms with Gasteiger partial charge in [0, 0.05) is 10.0 Å². The van der Waals surface area contributed by atoms with Gasteiger partial charge in [0.1, 0.15) is 11.5 Å². The molecule has 0 amide bonds. The molecular weight excluding hydrogens is 292 g/mol. The molecule has 1 unspecified atom stereocenters. The number of benzene rings is 1. The predicted octanol–water partition coefficient (Wildman–Crippen LogP) is 3.41. The lowest BCUT2D eigenvalue weighted by Gasteiger charge is -2.15. The van der Waals surface area contributed by atoms with Crippen molar-refractivity contribution in [1.29, 1.82) is 0 Å². The van der Waals surface area contributed by atoms with Crippen molar-refractivity contribution in [2.45, 2.75) is 26.3 Å². The maximum Gasteiger partial charge on any atom is 0.105 e. The minimum absolute atomic E-state index is 0.0728. The van der Waals surface area contributed by atoms with Crippen LogP contribution in [0, 0.1) is 13.8 Å². The van der Waals surface area contributed by atoms with E-state index in [0.717, 1.165) is 28.0 Å². The summed E-state index contributed by atoms with van der Waals surface area (Å²) in [5.41, 5.74) is 5.22. The van der Waals surface area contributed by atoms with Crippen LogP contribution in [0.25, 0.3) is 0 Å². The maximum atomic E-state index is 5.66. The highest BCUT2D eigenvalue weighted by atomic mass is 79.9. The third-order valence-electron chi connectivity index (χ3n) is 3.01. The monoisotopic (exact) mass is 308 g/mol. The SMILES string of the molecule is Cc1cc(C(Cc2ccc(Br)cc2)NN)c(C)o1. The Hall–Kier alpha value is -1.10. The Bertz CT molecular complexity index is 519. The van der Waals surface area contributed by atoms with Gasteiger partial charge < -0.3 is 4.42 Å². The molecule has 4 heteroatoms. The number of halogens is 1. The van der Waals surface area contributed by atoms with Gasteiger partial charge in [-0.2, -0.15) is 0 Å². The summed E-state index contributed by atoms with van der Waals surface area (Å²) < 4.78 is 6.63. The van der Waals surface area contributed by atoms with Crippen LogP contribution in [-0.2, 0) is 6.42 Å². The van der Waals surface area contributed by atoms with Gasteiger partial charge in [0.05, 0.1) is 6.04 Å². The van der Waals surface area contributed by atoms with E-state index in [9.17, 15) is 0 Å². The molecular formula is C14H17BrN2O. The molecule has 2 aromatic rings. The molecule has 3 nitrogen and oxygen atoms in total. The summed E-state index contributed by atoms with van der Waals surface area (Å²) in [4.78, 5) is 0. The molecule has 1 atom stereocenters. The molecule has 0 saturated heterocycles. The number of hydrogen-bond donors (Lipinski definition) is 2. The first-order valence-corrected chi connectivity index (χ1v) is 6.67. The molecule has 0 saturated carbocycles. The van der Waals surface area contributed by atoms with Crippen molar-refractivity contribution in [3.8, 4) is 0 Å². The van der Waals surface area contributed by atoms with Crippen molar-refractivity contribution in [1.82, 2.24) is 5.43 Å². The smallest absolute Gasteiger partial charge is 0.105 e. The average molecular weight is 309 g/mol. The summed E-state index contributed by atoms with van der Waals surface area (Å²) >= 11 is 3.43. The molecule has 2 rings (SSSR count). The fourth-order valence-corrected chi connectivity index (χ4v) is 2.38. The predicted molar refractivity (Wildman–Crippen MR) is 76.1 cm³/mol. The van der Waals surface area contributed by atoms with E-state index >= 15 is 0 Å². The van der Waals surface area contributed by atoms with E-state index in [2.05, 4.69) is 33.5 Å². The summed E-state index contributed by atoms with van der Waals surface area (Å²) in [6.45, 7) is 3.91. The second-order valence-corrected chi connectivity index (χ2v) is 5.33. The number of nitrogens with two attached hydrogens (primary N) is 1. The van der Waals surface area contributed by atoms with Gasteiger partial charge in [0.25, 0.3) is 0 Å². The third kappa shape index (κ3) is 3.02. The zero-order chi connectivity index (χ0) is 13.1. The molecule has 0 aliphatic rings. The fourth-order valence-electron chi connectivity index (χ4n) is 2.11. The summed E-state index contributed by atoms with van der Waals surface area (Å²) in [5, 5.41) is 0. The van der Waals surface area contributed by atoms with Crippen LogP contribution in [0.4, 0.5) is 0 Å². The fraction of sp³-hybridized carbons (Fsp3) is 0.286.